The van der Waals surface area contributed by atoms with Gasteiger partial charge in [-0.2, -0.15) is 5.10 Å². The highest BCUT2D eigenvalue weighted by atomic mass is 16.2. The molecule has 1 aliphatic heterocycles. The van der Waals surface area contributed by atoms with Crippen LogP contribution < -0.4 is 0 Å². The molecule has 3 aromatic rings. The van der Waals surface area contributed by atoms with Crippen molar-refractivity contribution in [1.82, 2.24) is 14.7 Å². The van der Waals surface area contributed by atoms with E-state index in [9.17, 15) is 4.79 Å². The Morgan fingerprint density at radius 1 is 1.08 bits per heavy atom. The van der Waals surface area contributed by atoms with Gasteiger partial charge in [-0.1, -0.05) is 36.4 Å². The Hall–Kier alpha value is -2.62. The first-order valence-electron chi connectivity index (χ1n) is 8.78. The zero-order valence-corrected chi connectivity index (χ0v) is 15.0. The van der Waals surface area contributed by atoms with Crippen molar-refractivity contribution in [3.63, 3.8) is 0 Å². The second-order valence-electron chi connectivity index (χ2n) is 7.70. The third kappa shape index (κ3) is 2.72. The second kappa shape index (κ2) is 5.73. The molecule has 4 nitrogen and oxygen atoms in total. The third-order valence-electron chi connectivity index (χ3n) is 4.88. The molecule has 128 valence electrons. The van der Waals surface area contributed by atoms with Crippen LogP contribution in [0.2, 0.25) is 0 Å². The third-order valence-corrected chi connectivity index (χ3v) is 4.88. The second-order valence-corrected chi connectivity index (χ2v) is 7.70. The van der Waals surface area contributed by atoms with Crippen molar-refractivity contribution in [1.29, 1.82) is 0 Å². The number of carbonyl (C=O) groups is 1. The Balaban J connectivity index is 1.66. The summed E-state index contributed by atoms with van der Waals surface area (Å²) in [6, 6.07) is 14.0. The first-order chi connectivity index (χ1) is 11.9. The number of hydrogen-bond donors (Lipinski definition) is 0. The minimum atomic E-state index is -0.0323. The van der Waals surface area contributed by atoms with Crippen LogP contribution in [0.3, 0.4) is 0 Å². The minimum absolute atomic E-state index is 0.0323. The van der Waals surface area contributed by atoms with E-state index in [1.165, 1.54) is 5.69 Å². The topological polar surface area (TPSA) is 38.1 Å². The van der Waals surface area contributed by atoms with E-state index in [1.54, 1.807) is 0 Å². The van der Waals surface area contributed by atoms with Crippen LogP contribution in [-0.2, 0) is 18.5 Å². The van der Waals surface area contributed by atoms with Crippen LogP contribution in [0, 0.1) is 0 Å². The van der Waals surface area contributed by atoms with Gasteiger partial charge in [-0.25, -0.2) is 0 Å². The molecule has 0 bridgehead atoms. The molecule has 0 atom stereocenters. The summed E-state index contributed by atoms with van der Waals surface area (Å²) in [4.78, 5) is 15.1. The molecule has 1 aliphatic rings. The SMILES string of the molecule is CC(C)(C)n1ncc2c1CCN(C(=O)c1cccc3ccccc13)C2. The van der Waals surface area contributed by atoms with Crippen molar-refractivity contribution in [2.45, 2.75) is 39.3 Å². The summed E-state index contributed by atoms with van der Waals surface area (Å²) < 4.78 is 2.10. The maximum Gasteiger partial charge on any atom is 0.254 e. The summed E-state index contributed by atoms with van der Waals surface area (Å²) in [5, 5.41) is 6.69. The number of hydrogen-bond acceptors (Lipinski definition) is 2. The number of nitrogens with zero attached hydrogens (tertiary/aromatic N) is 3. The van der Waals surface area contributed by atoms with Gasteiger partial charge in [0, 0.05) is 36.3 Å². The number of benzene rings is 2. The molecule has 1 amide bonds. The number of amides is 1. The van der Waals surface area contributed by atoms with Crippen LogP contribution in [0.25, 0.3) is 10.8 Å². The lowest BCUT2D eigenvalue weighted by Gasteiger charge is -2.30. The predicted octanol–water partition coefficient (Wildman–Crippen LogP) is 3.99. The van der Waals surface area contributed by atoms with Crippen LogP contribution in [0.1, 0.15) is 42.4 Å². The molecule has 0 spiro atoms. The molecule has 0 unspecified atom stereocenters. The van der Waals surface area contributed by atoms with Crippen molar-refractivity contribution in [3.8, 4) is 0 Å². The van der Waals surface area contributed by atoms with Gasteiger partial charge >= 0.3 is 0 Å². The Morgan fingerprint density at radius 3 is 2.64 bits per heavy atom. The van der Waals surface area contributed by atoms with Crippen molar-refractivity contribution in [2.75, 3.05) is 6.54 Å². The zero-order valence-electron chi connectivity index (χ0n) is 15.0. The average Bonchev–Trinajstić information content (AvgIpc) is 3.04. The molecule has 25 heavy (non-hydrogen) atoms. The highest BCUT2D eigenvalue weighted by Crippen LogP contribution is 2.27. The van der Waals surface area contributed by atoms with E-state index in [1.807, 2.05) is 53.6 Å². The summed E-state index contributed by atoms with van der Waals surface area (Å²) in [6.07, 6.45) is 2.77. The summed E-state index contributed by atoms with van der Waals surface area (Å²) >= 11 is 0. The fourth-order valence-electron chi connectivity index (χ4n) is 3.67. The average molecular weight is 333 g/mol. The number of fused-ring (bicyclic) bond motifs is 2. The Morgan fingerprint density at radius 2 is 1.84 bits per heavy atom. The van der Waals surface area contributed by atoms with Gasteiger partial charge in [0.2, 0.25) is 0 Å². The first-order valence-corrected chi connectivity index (χ1v) is 8.78. The van der Waals surface area contributed by atoms with Gasteiger partial charge < -0.3 is 4.90 Å². The number of rotatable bonds is 1. The summed E-state index contributed by atoms with van der Waals surface area (Å²) in [6.45, 7) is 7.85. The molecule has 0 radical (unpaired) electrons. The van der Waals surface area contributed by atoms with Crippen LogP contribution in [-0.4, -0.2) is 27.1 Å². The first kappa shape index (κ1) is 15.9. The van der Waals surface area contributed by atoms with Crippen LogP contribution >= 0.6 is 0 Å². The van der Waals surface area contributed by atoms with E-state index in [-0.39, 0.29) is 11.4 Å². The standard InChI is InChI=1S/C21H23N3O/c1-21(2,3)24-19-11-12-23(14-16(19)13-22-24)20(25)18-10-6-8-15-7-4-5-9-17(15)18/h4-10,13H,11-12,14H2,1-3H3. The van der Waals surface area contributed by atoms with Crippen molar-refractivity contribution < 1.29 is 4.79 Å². The van der Waals surface area contributed by atoms with Crippen molar-refractivity contribution >= 4 is 16.7 Å². The highest BCUT2D eigenvalue weighted by Gasteiger charge is 2.28. The van der Waals surface area contributed by atoms with Gasteiger partial charge in [0.25, 0.3) is 5.91 Å². The van der Waals surface area contributed by atoms with Gasteiger partial charge in [-0.3, -0.25) is 9.48 Å². The molecule has 1 aromatic heterocycles. The largest absolute Gasteiger partial charge is 0.334 e. The zero-order chi connectivity index (χ0) is 17.6. The molecular weight excluding hydrogens is 310 g/mol. The monoisotopic (exact) mass is 333 g/mol. The van der Waals surface area contributed by atoms with E-state index in [2.05, 4.69) is 30.6 Å². The molecule has 0 N–H and O–H groups in total. The lowest BCUT2D eigenvalue weighted by atomic mass is 10.0. The van der Waals surface area contributed by atoms with Gasteiger partial charge in [-0.05, 0) is 37.6 Å². The quantitative estimate of drug-likeness (QED) is 0.675. The lowest BCUT2D eigenvalue weighted by Crippen LogP contribution is -2.37. The van der Waals surface area contributed by atoms with Crippen LogP contribution in [0.4, 0.5) is 0 Å². The van der Waals surface area contributed by atoms with Gasteiger partial charge in [-0.15, -0.1) is 0 Å². The summed E-state index contributed by atoms with van der Waals surface area (Å²) in [5.74, 6) is 0.103. The summed E-state index contributed by atoms with van der Waals surface area (Å²) in [7, 11) is 0. The molecule has 2 aromatic carbocycles. The smallest absolute Gasteiger partial charge is 0.254 e. The Bertz CT molecular complexity index is 944. The fourth-order valence-corrected chi connectivity index (χ4v) is 3.67. The van der Waals surface area contributed by atoms with Gasteiger partial charge in [0.05, 0.1) is 11.7 Å². The van der Waals surface area contributed by atoms with E-state index in [4.69, 9.17) is 0 Å². The Labute approximate surface area is 148 Å². The maximum atomic E-state index is 13.1. The molecule has 0 aliphatic carbocycles. The predicted molar refractivity (Wildman–Crippen MR) is 99.6 cm³/mol. The number of aromatic nitrogens is 2. The maximum absolute atomic E-state index is 13.1. The lowest BCUT2D eigenvalue weighted by molar-refractivity contribution is 0.0734. The van der Waals surface area contributed by atoms with E-state index >= 15 is 0 Å². The van der Waals surface area contributed by atoms with Crippen molar-refractivity contribution in [3.05, 3.63) is 65.5 Å². The molecule has 2 heterocycles. The van der Waals surface area contributed by atoms with E-state index in [0.717, 1.165) is 34.9 Å². The van der Waals surface area contributed by atoms with Gasteiger partial charge in [0.15, 0.2) is 0 Å². The van der Waals surface area contributed by atoms with E-state index in [0.29, 0.717) is 6.54 Å². The highest BCUT2D eigenvalue weighted by molar-refractivity contribution is 6.07. The fraction of sp³-hybridized carbons (Fsp3) is 0.333. The molecule has 0 saturated heterocycles. The normalized spacial score (nSPS) is 14.6. The van der Waals surface area contributed by atoms with Gasteiger partial charge in [0.1, 0.15) is 0 Å². The van der Waals surface area contributed by atoms with Crippen LogP contribution in [0.15, 0.2) is 48.7 Å². The Kier molecular flexibility index (Phi) is 3.64. The van der Waals surface area contributed by atoms with Crippen molar-refractivity contribution in [2.24, 2.45) is 0 Å². The molecular formula is C21H23N3O. The van der Waals surface area contributed by atoms with E-state index < -0.39 is 0 Å². The minimum Gasteiger partial charge on any atom is -0.334 e. The molecule has 0 fully saturated rings. The summed E-state index contributed by atoms with van der Waals surface area (Å²) in [5.41, 5.74) is 3.17. The molecule has 4 heteroatoms. The molecule has 0 saturated carbocycles. The molecule has 4 rings (SSSR count). The van der Waals surface area contributed by atoms with Crippen LogP contribution in [0.5, 0.6) is 0 Å². The number of carbonyl (C=O) groups excluding carboxylic acids is 1.